The number of rotatable bonds is 6. The average Bonchev–Trinajstić information content (AvgIpc) is 2.81. The van der Waals surface area contributed by atoms with Gasteiger partial charge in [0.25, 0.3) is 6.43 Å². The molecule has 3 heterocycles. The molecule has 1 aromatic carbocycles. The lowest BCUT2D eigenvalue weighted by Gasteiger charge is -2.29. The maximum absolute atomic E-state index is 12.8. The van der Waals surface area contributed by atoms with Crippen molar-refractivity contribution in [1.82, 2.24) is 15.3 Å². The number of halogens is 2. The van der Waals surface area contributed by atoms with Gasteiger partial charge in [0.15, 0.2) is 0 Å². The molecule has 0 bridgehead atoms. The Hall–Kier alpha value is -3.39. The minimum atomic E-state index is -2.61. The molecule has 0 unspecified atom stereocenters. The van der Waals surface area contributed by atoms with E-state index in [1.165, 1.54) is 12.3 Å². The van der Waals surface area contributed by atoms with E-state index in [9.17, 15) is 13.6 Å². The van der Waals surface area contributed by atoms with Crippen LogP contribution in [0.3, 0.4) is 0 Å². The molecule has 160 valence electrons. The minimum Gasteiger partial charge on any atom is -0.368 e. The van der Waals surface area contributed by atoms with Crippen molar-refractivity contribution >= 4 is 17.4 Å². The first-order valence-corrected chi connectivity index (χ1v) is 10.1. The highest BCUT2D eigenvalue weighted by atomic mass is 19.3. The Morgan fingerprint density at radius 1 is 1.03 bits per heavy atom. The first kappa shape index (κ1) is 20.9. The summed E-state index contributed by atoms with van der Waals surface area (Å²) in [5.41, 5.74) is 3.06. The van der Waals surface area contributed by atoms with Gasteiger partial charge in [0.1, 0.15) is 11.5 Å². The van der Waals surface area contributed by atoms with Crippen LogP contribution in [0.4, 0.5) is 20.3 Å². The molecule has 31 heavy (non-hydrogen) atoms. The number of carbonyl (C=O) groups is 1. The van der Waals surface area contributed by atoms with Gasteiger partial charge in [-0.15, -0.1) is 0 Å². The van der Waals surface area contributed by atoms with E-state index in [4.69, 9.17) is 0 Å². The predicted octanol–water partition coefficient (Wildman–Crippen LogP) is 3.67. The van der Waals surface area contributed by atoms with Crippen molar-refractivity contribution in [3.8, 4) is 11.1 Å². The standard InChI is InChI=1S/C23H23F2N5O/c24-23(25)20-14-18(7-8-27-20)17-3-1-16(2-4-17)13-22(31)29-21-6-5-19(15-28-21)30-11-9-26-10-12-30/h1-8,14-15,23,26H,9-13H2,(H,28,29,31). The molecule has 1 fully saturated rings. The Morgan fingerprint density at radius 2 is 1.81 bits per heavy atom. The maximum atomic E-state index is 12.8. The molecule has 1 aliphatic rings. The molecule has 4 rings (SSSR count). The van der Waals surface area contributed by atoms with Crippen molar-refractivity contribution in [3.63, 3.8) is 0 Å². The molecular formula is C23H23F2N5O. The third kappa shape index (κ3) is 5.40. The Balaban J connectivity index is 1.35. The summed E-state index contributed by atoms with van der Waals surface area (Å²) in [5.74, 6) is 0.343. The molecule has 0 saturated carbocycles. The summed E-state index contributed by atoms with van der Waals surface area (Å²) in [6, 6.07) is 14.1. The molecule has 0 aliphatic carbocycles. The van der Waals surface area contributed by atoms with Gasteiger partial charge in [-0.25, -0.2) is 13.8 Å². The van der Waals surface area contributed by atoms with E-state index < -0.39 is 6.43 Å². The number of hydrogen-bond acceptors (Lipinski definition) is 5. The number of nitrogens with zero attached hydrogens (tertiary/aromatic N) is 3. The van der Waals surface area contributed by atoms with Gasteiger partial charge in [-0.2, -0.15) is 0 Å². The Morgan fingerprint density at radius 3 is 2.48 bits per heavy atom. The largest absolute Gasteiger partial charge is 0.368 e. The van der Waals surface area contributed by atoms with Crippen molar-refractivity contribution in [2.24, 2.45) is 0 Å². The topological polar surface area (TPSA) is 70.2 Å². The van der Waals surface area contributed by atoms with Crippen LogP contribution in [0.25, 0.3) is 11.1 Å². The number of carbonyl (C=O) groups excluding carboxylic acids is 1. The summed E-state index contributed by atoms with van der Waals surface area (Å²) < 4.78 is 25.7. The summed E-state index contributed by atoms with van der Waals surface area (Å²) in [7, 11) is 0. The summed E-state index contributed by atoms with van der Waals surface area (Å²) >= 11 is 0. The SMILES string of the molecule is O=C(Cc1ccc(-c2ccnc(C(F)F)c2)cc1)Nc1ccc(N2CCNCC2)cn1. The highest BCUT2D eigenvalue weighted by Gasteiger charge is 2.12. The lowest BCUT2D eigenvalue weighted by molar-refractivity contribution is -0.115. The van der Waals surface area contributed by atoms with Gasteiger partial charge in [0.05, 0.1) is 18.3 Å². The molecule has 1 amide bonds. The summed E-state index contributed by atoms with van der Waals surface area (Å²) in [4.78, 5) is 22.7. The predicted molar refractivity (Wildman–Crippen MR) is 116 cm³/mol. The quantitative estimate of drug-likeness (QED) is 0.633. The monoisotopic (exact) mass is 423 g/mol. The van der Waals surface area contributed by atoms with Crippen molar-refractivity contribution in [2.75, 3.05) is 36.4 Å². The van der Waals surface area contributed by atoms with Crippen LogP contribution in [0, 0.1) is 0 Å². The fourth-order valence-corrected chi connectivity index (χ4v) is 3.50. The van der Waals surface area contributed by atoms with Crippen LogP contribution in [0.15, 0.2) is 60.9 Å². The molecule has 2 N–H and O–H groups in total. The highest BCUT2D eigenvalue weighted by molar-refractivity contribution is 5.91. The third-order valence-electron chi connectivity index (χ3n) is 5.15. The molecule has 8 heteroatoms. The second-order valence-electron chi connectivity index (χ2n) is 7.33. The summed E-state index contributed by atoms with van der Waals surface area (Å²) in [5, 5.41) is 6.13. The first-order chi connectivity index (χ1) is 15.1. The fourth-order valence-electron chi connectivity index (χ4n) is 3.50. The first-order valence-electron chi connectivity index (χ1n) is 10.1. The molecule has 0 radical (unpaired) electrons. The fraction of sp³-hybridized carbons (Fsp3) is 0.261. The van der Waals surface area contributed by atoms with Crippen LogP contribution in [-0.2, 0) is 11.2 Å². The van der Waals surface area contributed by atoms with Crippen LogP contribution >= 0.6 is 0 Å². The van der Waals surface area contributed by atoms with E-state index in [1.54, 1.807) is 12.3 Å². The van der Waals surface area contributed by atoms with Crippen molar-refractivity contribution in [1.29, 1.82) is 0 Å². The molecule has 0 spiro atoms. The van der Waals surface area contributed by atoms with E-state index in [2.05, 4.69) is 25.5 Å². The van der Waals surface area contributed by atoms with Crippen LogP contribution in [-0.4, -0.2) is 42.1 Å². The van der Waals surface area contributed by atoms with Crippen LogP contribution in [0.5, 0.6) is 0 Å². The molecule has 1 aliphatic heterocycles. The van der Waals surface area contributed by atoms with Gasteiger partial charge in [-0.3, -0.25) is 9.78 Å². The van der Waals surface area contributed by atoms with Gasteiger partial charge in [-0.1, -0.05) is 24.3 Å². The zero-order valence-corrected chi connectivity index (χ0v) is 16.9. The molecule has 2 aromatic heterocycles. The number of alkyl halides is 2. The molecule has 0 atom stereocenters. The lowest BCUT2D eigenvalue weighted by Crippen LogP contribution is -2.43. The number of piperazine rings is 1. The average molecular weight is 423 g/mol. The number of hydrogen-bond donors (Lipinski definition) is 2. The van der Waals surface area contributed by atoms with Gasteiger partial charge in [0, 0.05) is 32.4 Å². The van der Waals surface area contributed by atoms with Gasteiger partial charge >= 0.3 is 0 Å². The van der Waals surface area contributed by atoms with E-state index in [-0.39, 0.29) is 18.0 Å². The van der Waals surface area contributed by atoms with E-state index in [1.807, 2.05) is 36.4 Å². The number of aromatic nitrogens is 2. The molecule has 3 aromatic rings. The van der Waals surface area contributed by atoms with Gasteiger partial charge in [0.2, 0.25) is 5.91 Å². The van der Waals surface area contributed by atoms with Crippen molar-refractivity contribution < 1.29 is 13.6 Å². The number of anilines is 2. The summed E-state index contributed by atoms with van der Waals surface area (Å²) in [6.07, 6.45) is 0.735. The van der Waals surface area contributed by atoms with Crippen LogP contribution < -0.4 is 15.5 Å². The van der Waals surface area contributed by atoms with Gasteiger partial charge < -0.3 is 15.5 Å². The Bertz CT molecular complexity index is 1020. The van der Waals surface area contributed by atoms with E-state index in [0.29, 0.717) is 11.4 Å². The van der Waals surface area contributed by atoms with E-state index >= 15 is 0 Å². The lowest BCUT2D eigenvalue weighted by atomic mass is 10.0. The third-order valence-corrected chi connectivity index (χ3v) is 5.15. The smallest absolute Gasteiger partial charge is 0.280 e. The molecular weight excluding hydrogens is 400 g/mol. The second kappa shape index (κ2) is 9.61. The number of amides is 1. The number of nitrogens with one attached hydrogen (secondary N) is 2. The normalized spacial score (nSPS) is 14.0. The second-order valence-corrected chi connectivity index (χ2v) is 7.33. The zero-order valence-electron chi connectivity index (χ0n) is 16.9. The highest BCUT2D eigenvalue weighted by Crippen LogP contribution is 2.24. The number of benzene rings is 1. The Labute approximate surface area is 179 Å². The van der Waals surface area contributed by atoms with E-state index in [0.717, 1.165) is 43.0 Å². The zero-order chi connectivity index (χ0) is 21.6. The molecule has 1 saturated heterocycles. The minimum absolute atomic E-state index is 0.168. The van der Waals surface area contributed by atoms with Crippen molar-refractivity contribution in [2.45, 2.75) is 12.8 Å². The van der Waals surface area contributed by atoms with Gasteiger partial charge in [-0.05, 0) is 41.0 Å². The Kier molecular flexibility index (Phi) is 6.47. The molecule has 6 nitrogen and oxygen atoms in total. The van der Waals surface area contributed by atoms with Crippen LogP contribution in [0.1, 0.15) is 17.7 Å². The van der Waals surface area contributed by atoms with Crippen molar-refractivity contribution in [3.05, 3.63) is 72.2 Å². The summed E-state index contributed by atoms with van der Waals surface area (Å²) in [6.45, 7) is 3.77. The maximum Gasteiger partial charge on any atom is 0.280 e. The number of pyridine rings is 2. The van der Waals surface area contributed by atoms with Crippen LogP contribution in [0.2, 0.25) is 0 Å².